The molecule has 0 spiro atoms. The molecule has 0 radical (unpaired) electrons. The van der Waals surface area contributed by atoms with Gasteiger partial charge in [0.15, 0.2) is 0 Å². The number of thioether (sulfide) groups is 1. The second-order valence-electron chi connectivity index (χ2n) is 4.31. The molecular formula is C11H16BrNOS2. The molecule has 16 heavy (non-hydrogen) atoms. The highest BCUT2D eigenvalue weighted by Gasteiger charge is 2.12. The Balaban J connectivity index is 2.29. The van der Waals surface area contributed by atoms with Gasteiger partial charge < -0.3 is 5.32 Å². The van der Waals surface area contributed by atoms with E-state index in [0.29, 0.717) is 6.54 Å². The number of nitrogens with one attached hydrogen (secondary N) is 1. The van der Waals surface area contributed by atoms with E-state index in [-0.39, 0.29) is 10.7 Å². The summed E-state index contributed by atoms with van der Waals surface area (Å²) >= 11 is 6.66. The number of thiophene rings is 1. The molecule has 0 saturated heterocycles. The van der Waals surface area contributed by atoms with Crippen molar-refractivity contribution in [1.82, 2.24) is 5.32 Å². The van der Waals surface area contributed by atoms with Crippen molar-refractivity contribution >= 4 is 44.9 Å². The quantitative estimate of drug-likeness (QED) is 0.855. The van der Waals surface area contributed by atoms with E-state index in [1.807, 2.05) is 23.2 Å². The molecule has 1 heterocycles. The van der Waals surface area contributed by atoms with Crippen LogP contribution in [0.4, 0.5) is 0 Å². The summed E-state index contributed by atoms with van der Waals surface area (Å²) in [6.07, 6.45) is 0. The number of hydrogen-bond donors (Lipinski definition) is 1. The molecule has 1 aromatic rings. The first kappa shape index (κ1) is 14.1. The molecule has 0 aliphatic heterocycles. The number of amides is 1. The largest absolute Gasteiger partial charge is 0.350 e. The molecule has 0 bridgehead atoms. The number of carbonyl (C=O) groups excluding carboxylic acids is 1. The first-order chi connectivity index (χ1) is 7.40. The van der Waals surface area contributed by atoms with E-state index in [0.717, 1.165) is 15.1 Å². The molecule has 0 aromatic carbocycles. The van der Waals surface area contributed by atoms with Crippen LogP contribution >= 0.6 is 39.0 Å². The van der Waals surface area contributed by atoms with E-state index in [4.69, 9.17) is 0 Å². The van der Waals surface area contributed by atoms with Crippen molar-refractivity contribution in [1.29, 1.82) is 0 Å². The predicted molar refractivity (Wildman–Crippen MR) is 76.6 cm³/mol. The van der Waals surface area contributed by atoms with Gasteiger partial charge in [-0.2, -0.15) is 11.8 Å². The molecular weight excluding hydrogens is 306 g/mol. The maximum Gasteiger partial charge on any atom is 0.262 e. The first-order valence-electron chi connectivity index (χ1n) is 5.05. The second kappa shape index (κ2) is 6.07. The third-order valence-electron chi connectivity index (χ3n) is 1.75. The predicted octanol–water partition coefficient (Wildman–Crippen LogP) is 3.77. The molecule has 2 nitrogen and oxygen atoms in total. The molecule has 0 unspecified atom stereocenters. The van der Waals surface area contributed by atoms with E-state index in [1.54, 1.807) is 0 Å². The fourth-order valence-electron chi connectivity index (χ4n) is 1.06. The van der Waals surface area contributed by atoms with Crippen LogP contribution in [0.1, 0.15) is 30.4 Å². The van der Waals surface area contributed by atoms with Gasteiger partial charge in [0.05, 0.1) is 0 Å². The van der Waals surface area contributed by atoms with Crippen LogP contribution < -0.4 is 5.32 Å². The lowest BCUT2D eigenvalue weighted by atomic mass is 10.3. The van der Waals surface area contributed by atoms with Gasteiger partial charge in [-0.25, -0.2) is 0 Å². The summed E-state index contributed by atoms with van der Waals surface area (Å²) in [4.78, 5) is 12.5. The molecule has 0 aliphatic carbocycles. The van der Waals surface area contributed by atoms with Crippen LogP contribution in [-0.2, 0) is 0 Å². The molecule has 1 N–H and O–H groups in total. The van der Waals surface area contributed by atoms with Crippen LogP contribution in [0, 0.1) is 0 Å². The lowest BCUT2D eigenvalue weighted by Gasteiger charge is -2.17. The van der Waals surface area contributed by atoms with Crippen molar-refractivity contribution < 1.29 is 4.79 Å². The van der Waals surface area contributed by atoms with Crippen LogP contribution in [0.25, 0.3) is 0 Å². The number of carbonyl (C=O) groups is 1. The number of halogens is 1. The van der Waals surface area contributed by atoms with Gasteiger partial charge in [-0.1, -0.05) is 20.8 Å². The molecule has 0 saturated carbocycles. The smallest absolute Gasteiger partial charge is 0.262 e. The third-order valence-corrected chi connectivity index (χ3v) is 4.86. The van der Waals surface area contributed by atoms with E-state index in [9.17, 15) is 4.79 Å². The van der Waals surface area contributed by atoms with Gasteiger partial charge in [0.2, 0.25) is 0 Å². The number of hydrogen-bond acceptors (Lipinski definition) is 3. The Morgan fingerprint density at radius 2 is 2.25 bits per heavy atom. The lowest BCUT2D eigenvalue weighted by molar-refractivity contribution is 0.0959. The van der Waals surface area contributed by atoms with Gasteiger partial charge in [-0.15, -0.1) is 11.3 Å². The molecule has 0 atom stereocenters. The van der Waals surface area contributed by atoms with Crippen molar-refractivity contribution in [2.24, 2.45) is 0 Å². The van der Waals surface area contributed by atoms with Crippen LogP contribution in [0.3, 0.4) is 0 Å². The van der Waals surface area contributed by atoms with Gasteiger partial charge in [-0.05, 0) is 27.4 Å². The van der Waals surface area contributed by atoms with Crippen molar-refractivity contribution in [2.45, 2.75) is 25.5 Å². The molecule has 1 amide bonds. The Labute approximate surface area is 113 Å². The Morgan fingerprint density at radius 3 is 2.75 bits per heavy atom. The maximum absolute atomic E-state index is 11.7. The molecule has 1 rings (SSSR count). The average molecular weight is 322 g/mol. The Bertz CT molecular complexity index is 357. The number of rotatable bonds is 4. The highest BCUT2D eigenvalue weighted by molar-refractivity contribution is 9.10. The van der Waals surface area contributed by atoms with E-state index in [1.165, 1.54) is 11.3 Å². The van der Waals surface area contributed by atoms with Crippen molar-refractivity contribution in [2.75, 3.05) is 12.3 Å². The monoisotopic (exact) mass is 321 g/mol. The molecule has 5 heteroatoms. The maximum atomic E-state index is 11.7. The van der Waals surface area contributed by atoms with Crippen LogP contribution in [-0.4, -0.2) is 23.0 Å². The Kier molecular flexibility index (Phi) is 5.34. The zero-order chi connectivity index (χ0) is 12.2. The van der Waals surface area contributed by atoms with E-state index < -0.39 is 0 Å². The standard InChI is InChI=1S/C11H16BrNOS2/c1-11(2,3)16-7-5-13-10(14)9-8(12)4-6-15-9/h4,6H,5,7H2,1-3H3,(H,13,14). The minimum Gasteiger partial charge on any atom is -0.350 e. The van der Waals surface area contributed by atoms with Gasteiger partial charge in [0.1, 0.15) is 4.88 Å². The fraction of sp³-hybridized carbons (Fsp3) is 0.545. The van der Waals surface area contributed by atoms with E-state index >= 15 is 0 Å². The molecule has 0 fully saturated rings. The highest BCUT2D eigenvalue weighted by atomic mass is 79.9. The van der Waals surface area contributed by atoms with E-state index in [2.05, 4.69) is 42.0 Å². The summed E-state index contributed by atoms with van der Waals surface area (Å²) in [5.74, 6) is 0.953. The zero-order valence-electron chi connectivity index (χ0n) is 9.67. The summed E-state index contributed by atoms with van der Waals surface area (Å²) in [6, 6.07) is 1.89. The van der Waals surface area contributed by atoms with Crippen LogP contribution in [0.5, 0.6) is 0 Å². The topological polar surface area (TPSA) is 29.1 Å². The summed E-state index contributed by atoms with van der Waals surface area (Å²) in [5.41, 5.74) is 0. The third kappa shape index (κ3) is 4.89. The minimum absolute atomic E-state index is 0.0105. The second-order valence-corrected chi connectivity index (χ2v) is 8.01. The van der Waals surface area contributed by atoms with Crippen molar-refractivity contribution in [3.05, 3.63) is 20.8 Å². The summed E-state index contributed by atoms with van der Waals surface area (Å²) in [7, 11) is 0. The highest BCUT2D eigenvalue weighted by Crippen LogP contribution is 2.23. The Morgan fingerprint density at radius 1 is 1.56 bits per heavy atom. The first-order valence-corrected chi connectivity index (χ1v) is 7.71. The van der Waals surface area contributed by atoms with Crippen LogP contribution in [0.2, 0.25) is 0 Å². The van der Waals surface area contributed by atoms with Gasteiger partial charge in [-0.3, -0.25) is 4.79 Å². The van der Waals surface area contributed by atoms with Crippen LogP contribution in [0.15, 0.2) is 15.9 Å². The average Bonchev–Trinajstić information content (AvgIpc) is 2.57. The molecule has 0 aliphatic rings. The summed E-state index contributed by atoms with van der Waals surface area (Å²) in [6.45, 7) is 7.24. The van der Waals surface area contributed by atoms with Crippen molar-refractivity contribution in [3.8, 4) is 0 Å². The SMILES string of the molecule is CC(C)(C)SCCNC(=O)c1sccc1Br. The van der Waals surface area contributed by atoms with Crippen molar-refractivity contribution in [3.63, 3.8) is 0 Å². The zero-order valence-corrected chi connectivity index (χ0v) is 12.9. The van der Waals surface area contributed by atoms with Gasteiger partial charge in [0.25, 0.3) is 5.91 Å². The van der Waals surface area contributed by atoms with Gasteiger partial charge in [0, 0.05) is 21.5 Å². The molecule has 1 aromatic heterocycles. The van der Waals surface area contributed by atoms with Gasteiger partial charge >= 0.3 is 0 Å². The summed E-state index contributed by atoms with van der Waals surface area (Å²) in [5, 5.41) is 4.82. The Hall–Kier alpha value is -0.000000000000000111. The minimum atomic E-state index is 0.0105. The normalized spacial score (nSPS) is 11.5. The molecule has 90 valence electrons. The lowest BCUT2D eigenvalue weighted by Crippen LogP contribution is -2.26. The fourth-order valence-corrected chi connectivity index (χ4v) is 3.34. The summed E-state index contributed by atoms with van der Waals surface area (Å²) < 4.78 is 1.13.